The van der Waals surface area contributed by atoms with Crippen LogP contribution in [0.15, 0.2) is 48.7 Å². The summed E-state index contributed by atoms with van der Waals surface area (Å²) in [6.07, 6.45) is 3.50. The fourth-order valence-electron chi connectivity index (χ4n) is 5.18. The first-order chi connectivity index (χ1) is 16.5. The predicted octanol–water partition coefficient (Wildman–Crippen LogP) is 4.05. The summed E-state index contributed by atoms with van der Waals surface area (Å²) in [5, 5.41) is 1.59. The molecule has 2 amide bonds. The van der Waals surface area contributed by atoms with Crippen molar-refractivity contribution in [2.45, 2.75) is 19.8 Å². The number of hydrogen-bond donors (Lipinski definition) is 1. The Hall–Kier alpha value is -3.06. The first-order valence-electron chi connectivity index (χ1n) is 12.0. The van der Waals surface area contributed by atoms with Gasteiger partial charge in [-0.05, 0) is 55.2 Å². The number of pyridine rings is 1. The van der Waals surface area contributed by atoms with E-state index in [-0.39, 0.29) is 17.7 Å². The highest BCUT2D eigenvalue weighted by molar-refractivity contribution is 6.31. The number of carbonyl (C=O) groups excluding carboxylic acids is 2. The van der Waals surface area contributed by atoms with Crippen molar-refractivity contribution in [3.05, 3.63) is 59.4 Å². The van der Waals surface area contributed by atoms with Crippen molar-refractivity contribution in [1.82, 2.24) is 19.8 Å². The van der Waals surface area contributed by atoms with E-state index in [1.54, 1.807) is 6.20 Å². The number of piperidine rings is 1. The van der Waals surface area contributed by atoms with Gasteiger partial charge in [-0.25, -0.2) is 4.98 Å². The van der Waals surface area contributed by atoms with Crippen molar-refractivity contribution < 1.29 is 9.59 Å². The number of carbonyl (C=O) groups is 2. The SMILES string of the molecule is C[C@@H](C(=O)N1CCN(c2ccccn2)CC1)C1CCN(C(=O)c2cc3cc(Cl)ccc3[nH]2)CC1. The zero-order chi connectivity index (χ0) is 23.7. The lowest BCUT2D eigenvalue weighted by atomic mass is 9.84. The standard InChI is InChI=1S/C26H30ClN5O2/c1-18(25(33)32-14-12-30(13-15-32)24-4-2-3-9-28-24)19-7-10-31(11-8-19)26(34)23-17-20-16-21(27)5-6-22(20)29-23/h2-6,9,16-19,29H,7-8,10-15H2,1H3/t18-/m1/s1. The highest BCUT2D eigenvalue weighted by atomic mass is 35.5. The van der Waals surface area contributed by atoms with E-state index < -0.39 is 0 Å². The number of halogens is 1. The van der Waals surface area contributed by atoms with Crippen molar-refractivity contribution in [1.29, 1.82) is 0 Å². The van der Waals surface area contributed by atoms with Crippen molar-refractivity contribution in [2.75, 3.05) is 44.2 Å². The fraction of sp³-hybridized carbons (Fsp3) is 0.423. The van der Waals surface area contributed by atoms with Gasteiger partial charge >= 0.3 is 0 Å². The Bertz CT molecular complexity index is 1160. The molecule has 1 N–H and O–H groups in total. The Labute approximate surface area is 204 Å². The van der Waals surface area contributed by atoms with Crippen LogP contribution in [0.3, 0.4) is 0 Å². The number of nitrogens with zero attached hydrogens (tertiary/aromatic N) is 4. The summed E-state index contributed by atoms with van der Waals surface area (Å²) in [7, 11) is 0. The van der Waals surface area contributed by atoms with Gasteiger partial charge in [-0.2, -0.15) is 0 Å². The molecule has 2 fully saturated rings. The second kappa shape index (κ2) is 9.66. The summed E-state index contributed by atoms with van der Waals surface area (Å²) in [6.45, 7) is 6.45. The number of aromatic amines is 1. The van der Waals surface area contributed by atoms with Crippen LogP contribution in [-0.4, -0.2) is 70.9 Å². The Balaban J connectivity index is 1.13. The van der Waals surface area contributed by atoms with Gasteiger partial charge in [-0.15, -0.1) is 0 Å². The summed E-state index contributed by atoms with van der Waals surface area (Å²) in [5.41, 5.74) is 1.50. The van der Waals surface area contributed by atoms with Crippen molar-refractivity contribution in [3.8, 4) is 0 Å². The van der Waals surface area contributed by atoms with Crippen LogP contribution in [0.4, 0.5) is 5.82 Å². The van der Waals surface area contributed by atoms with Gasteiger partial charge in [0.2, 0.25) is 5.91 Å². The van der Waals surface area contributed by atoms with E-state index in [0.717, 1.165) is 55.7 Å². The molecular formula is C26H30ClN5O2. The third kappa shape index (κ3) is 4.62. The van der Waals surface area contributed by atoms with Crippen LogP contribution in [0.1, 0.15) is 30.3 Å². The number of hydrogen-bond acceptors (Lipinski definition) is 4. The number of H-pyrrole nitrogens is 1. The fourth-order valence-corrected chi connectivity index (χ4v) is 5.36. The second-order valence-corrected chi connectivity index (χ2v) is 9.77. The molecular weight excluding hydrogens is 450 g/mol. The van der Waals surface area contributed by atoms with E-state index in [1.165, 1.54) is 0 Å². The Kier molecular flexibility index (Phi) is 6.46. The molecule has 0 radical (unpaired) electrons. The Morgan fingerprint density at radius 2 is 1.76 bits per heavy atom. The van der Waals surface area contributed by atoms with Crippen molar-refractivity contribution in [2.24, 2.45) is 11.8 Å². The maximum Gasteiger partial charge on any atom is 0.270 e. The molecule has 2 aromatic heterocycles. The van der Waals surface area contributed by atoms with Gasteiger partial charge in [0.25, 0.3) is 5.91 Å². The van der Waals surface area contributed by atoms with Gasteiger partial charge in [-0.3, -0.25) is 9.59 Å². The molecule has 4 heterocycles. The number of fused-ring (bicyclic) bond motifs is 1. The number of benzene rings is 1. The molecule has 2 saturated heterocycles. The quantitative estimate of drug-likeness (QED) is 0.612. The molecule has 0 bridgehead atoms. The number of nitrogens with one attached hydrogen (secondary N) is 1. The second-order valence-electron chi connectivity index (χ2n) is 9.33. The maximum absolute atomic E-state index is 13.2. The zero-order valence-electron chi connectivity index (χ0n) is 19.4. The smallest absolute Gasteiger partial charge is 0.270 e. The molecule has 7 nitrogen and oxygen atoms in total. The van der Waals surface area contributed by atoms with Crippen LogP contribution in [0.5, 0.6) is 0 Å². The average Bonchev–Trinajstić information content (AvgIpc) is 3.31. The third-order valence-corrected chi connectivity index (χ3v) is 7.54. The third-order valence-electron chi connectivity index (χ3n) is 7.30. The normalized spacial score (nSPS) is 18.4. The summed E-state index contributed by atoms with van der Waals surface area (Å²) in [4.78, 5) is 40.0. The summed E-state index contributed by atoms with van der Waals surface area (Å²) < 4.78 is 0. The minimum atomic E-state index is -0.0335. The molecule has 5 rings (SSSR count). The number of amides is 2. The monoisotopic (exact) mass is 479 g/mol. The van der Waals surface area contributed by atoms with Crippen LogP contribution in [0, 0.1) is 11.8 Å². The van der Waals surface area contributed by atoms with E-state index in [4.69, 9.17) is 11.6 Å². The largest absolute Gasteiger partial charge is 0.353 e. The predicted molar refractivity (Wildman–Crippen MR) is 134 cm³/mol. The van der Waals surface area contributed by atoms with Crippen LogP contribution >= 0.6 is 11.6 Å². The Morgan fingerprint density at radius 3 is 2.47 bits per heavy atom. The number of likely N-dealkylation sites (tertiary alicyclic amines) is 1. The molecule has 178 valence electrons. The van der Waals surface area contributed by atoms with Crippen molar-refractivity contribution in [3.63, 3.8) is 0 Å². The molecule has 1 atom stereocenters. The lowest BCUT2D eigenvalue weighted by Gasteiger charge is -2.39. The van der Waals surface area contributed by atoms with Crippen LogP contribution in [0.2, 0.25) is 5.02 Å². The topological polar surface area (TPSA) is 72.5 Å². The minimum Gasteiger partial charge on any atom is -0.353 e. The summed E-state index contributed by atoms with van der Waals surface area (Å²) >= 11 is 6.07. The first kappa shape index (κ1) is 22.7. The highest BCUT2D eigenvalue weighted by Crippen LogP contribution is 2.28. The zero-order valence-corrected chi connectivity index (χ0v) is 20.2. The van der Waals surface area contributed by atoms with Gasteiger partial charge < -0.3 is 19.7 Å². The van der Waals surface area contributed by atoms with Crippen LogP contribution in [-0.2, 0) is 4.79 Å². The van der Waals surface area contributed by atoms with Gasteiger partial charge in [0.1, 0.15) is 11.5 Å². The lowest BCUT2D eigenvalue weighted by molar-refractivity contribution is -0.137. The van der Waals surface area contributed by atoms with Gasteiger partial charge in [0.15, 0.2) is 0 Å². The number of rotatable bonds is 4. The average molecular weight is 480 g/mol. The van der Waals surface area contributed by atoms with E-state index in [2.05, 4.69) is 21.8 Å². The molecule has 2 aliphatic rings. The van der Waals surface area contributed by atoms with Crippen molar-refractivity contribution >= 4 is 40.1 Å². The number of anilines is 1. The van der Waals surface area contributed by atoms with Gasteiger partial charge in [-0.1, -0.05) is 24.6 Å². The molecule has 3 aromatic rings. The van der Waals surface area contributed by atoms with Crippen LogP contribution in [0.25, 0.3) is 10.9 Å². The molecule has 0 spiro atoms. The number of aromatic nitrogens is 2. The Morgan fingerprint density at radius 1 is 1.00 bits per heavy atom. The summed E-state index contributed by atoms with van der Waals surface area (Å²) in [6, 6.07) is 13.4. The molecule has 0 saturated carbocycles. The van der Waals surface area contributed by atoms with E-state index >= 15 is 0 Å². The molecule has 2 aliphatic heterocycles. The molecule has 0 unspecified atom stereocenters. The maximum atomic E-state index is 13.2. The summed E-state index contributed by atoms with van der Waals surface area (Å²) in [5.74, 6) is 1.48. The molecule has 8 heteroatoms. The molecule has 0 aliphatic carbocycles. The van der Waals surface area contributed by atoms with E-state index in [9.17, 15) is 9.59 Å². The molecule has 1 aromatic carbocycles. The van der Waals surface area contributed by atoms with E-state index in [1.807, 2.05) is 52.3 Å². The molecule has 34 heavy (non-hydrogen) atoms. The minimum absolute atomic E-state index is 0.00963. The van der Waals surface area contributed by atoms with Gasteiger partial charge in [0.05, 0.1) is 0 Å². The number of piperazine rings is 1. The van der Waals surface area contributed by atoms with E-state index in [0.29, 0.717) is 29.7 Å². The van der Waals surface area contributed by atoms with Crippen LogP contribution < -0.4 is 4.90 Å². The highest BCUT2D eigenvalue weighted by Gasteiger charge is 2.33. The van der Waals surface area contributed by atoms with Gasteiger partial charge in [0, 0.05) is 67.3 Å². The first-order valence-corrected chi connectivity index (χ1v) is 12.4. The lowest BCUT2D eigenvalue weighted by Crippen LogP contribution is -2.51.